The third-order valence-corrected chi connectivity index (χ3v) is 3.02. The van der Waals surface area contributed by atoms with E-state index in [0.29, 0.717) is 0 Å². The van der Waals surface area contributed by atoms with E-state index in [0.717, 1.165) is 24.2 Å². The lowest BCUT2D eigenvalue weighted by atomic mass is 9.94. The molecule has 0 fully saturated rings. The molecule has 0 amide bonds. The smallest absolute Gasteiger partial charge is 0.119 e. The topological polar surface area (TPSA) is 42.6 Å². The van der Waals surface area contributed by atoms with Crippen LogP contribution in [0, 0.1) is 5.92 Å². The zero-order chi connectivity index (χ0) is 12.8. The molecule has 0 aliphatic heterocycles. The standard InChI is InChI=1S/C15H18O3/c1-17-15-4-2-3-12(9-15)7-14(10-16)8-13-5-6-18-11-13/h2-6,9,11,14,16H,7-8,10H2,1H3. The van der Waals surface area contributed by atoms with Gasteiger partial charge in [-0.2, -0.15) is 0 Å². The monoisotopic (exact) mass is 246 g/mol. The van der Waals surface area contributed by atoms with E-state index in [1.165, 1.54) is 5.56 Å². The second-order valence-electron chi connectivity index (χ2n) is 4.44. The Bertz CT molecular complexity index is 462. The van der Waals surface area contributed by atoms with Gasteiger partial charge in [-0.3, -0.25) is 0 Å². The molecule has 1 heterocycles. The fraction of sp³-hybridized carbons (Fsp3) is 0.333. The van der Waals surface area contributed by atoms with Crippen LogP contribution in [0.3, 0.4) is 0 Å². The molecule has 96 valence electrons. The van der Waals surface area contributed by atoms with E-state index in [2.05, 4.69) is 6.07 Å². The summed E-state index contributed by atoms with van der Waals surface area (Å²) in [6.07, 6.45) is 5.05. The zero-order valence-corrected chi connectivity index (χ0v) is 10.5. The normalized spacial score (nSPS) is 12.3. The van der Waals surface area contributed by atoms with Crippen molar-refractivity contribution in [3.05, 3.63) is 54.0 Å². The first kappa shape index (κ1) is 12.7. The molecule has 18 heavy (non-hydrogen) atoms. The fourth-order valence-electron chi connectivity index (χ4n) is 2.08. The quantitative estimate of drug-likeness (QED) is 0.852. The molecule has 0 saturated heterocycles. The number of aliphatic hydroxyl groups is 1. The molecule has 3 nitrogen and oxygen atoms in total. The summed E-state index contributed by atoms with van der Waals surface area (Å²) in [5.74, 6) is 1.06. The van der Waals surface area contributed by atoms with Gasteiger partial charge < -0.3 is 14.3 Å². The maximum Gasteiger partial charge on any atom is 0.119 e. The predicted molar refractivity (Wildman–Crippen MR) is 69.7 cm³/mol. The van der Waals surface area contributed by atoms with Crippen LogP contribution in [0.4, 0.5) is 0 Å². The van der Waals surface area contributed by atoms with Gasteiger partial charge in [-0.15, -0.1) is 0 Å². The van der Waals surface area contributed by atoms with Gasteiger partial charge in [0.25, 0.3) is 0 Å². The number of methoxy groups -OCH3 is 1. The van der Waals surface area contributed by atoms with Gasteiger partial charge in [-0.25, -0.2) is 0 Å². The van der Waals surface area contributed by atoms with Crippen molar-refractivity contribution in [2.45, 2.75) is 12.8 Å². The molecule has 0 aliphatic carbocycles. The summed E-state index contributed by atoms with van der Waals surface area (Å²) in [7, 11) is 1.66. The minimum absolute atomic E-state index is 0.169. The predicted octanol–water partition coefficient (Wildman–Crippen LogP) is 2.68. The Morgan fingerprint density at radius 2 is 2.06 bits per heavy atom. The van der Waals surface area contributed by atoms with Crippen molar-refractivity contribution >= 4 is 0 Å². The molecule has 1 unspecified atom stereocenters. The highest BCUT2D eigenvalue weighted by Gasteiger charge is 2.11. The fourth-order valence-corrected chi connectivity index (χ4v) is 2.08. The Balaban J connectivity index is 2.00. The van der Waals surface area contributed by atoms with E-state index in [-0.39, 0.29) is 12.5 Å². The first-order chi connectivity index (χ1) is 8.81. The van der Waals surface area contributed by atoms with Crippen LogP contribution >= 0.6 is 0 Å². The van der Waals surface area contributed by atoms with Crippen LogP contribution in [-0.4, -0.2) is 18.8 Å². The molecule has 1 aromatic carbocycles. The van der Waals surface area contributed by atoms with Gasteiger partial charge in [-0.05, 0) is 48.1 Å². The van der Waals surface area contributed by atoms with Crippen molar-refractivity contribution in [1.82, 2.24) is 0 Å². The summed E-state index contributed by atoms with van der Waals surface area (Å²) in [6.45, 7) is 0.169. The molecule has 0 aliphatic rings. The van der Waals surface area contributed by atoms with Crippen molar-refractivity contribution in [3.63, 3.8) is 0 Å². The third-order valence-electron chi connectivity index (χ3n) is 3.02. The van der Waals surface area contributed by atoms with Crippen LogP contribution < -0.4 is 4.74 Å². The first-order valence-corrected chi connectivity index (χ1v) is 6.06. The van der Waals surface area contributed by atoms with Crippen molar-refractivity contribution in [3.8, 4) is 5.75 Å². The second-order valence-corrected chi connectivity index (χ2v) is 4.44. The lowest BCUT2D eigenvalue weighted by molar-refractivity contribution is 0.224. The van der Waals surface area contributed by atoms with Gasteiger partial charge in [0.05, 0.1) is 19.6 Å². The van der Waals surface area contributed by atoms with E-state index < -0.39 is 0 Å². The average molecular weight is 246 g/mol. The Labute approximate surface area is 107 Å². The minimum atomic E-state index is 0.169. The molecule has 0 bridgehead atoms. The van der Waals surface area contributed by atoms with Crippen LogP contribution in [0.1, 0.15) is 11.1 Å². The highest BCUT2D eigenvalue weighted by Crippen LogP contribution is 2.18. The molecule has 0 spiro atoms. The maximum atomic E-state index is 9.45. The molecular weight excluding hydrogens is 228 g/mol. The average Bonchev–Trinajstić information content (AvgIpc) is 2.91. The van der Waals surface area contributed by atoms with Crippen LogP contribution in [-0.2, 0) is 12.8 Å². The van der Waals surface area contributed by atoms with Gasteiger partial charge in [0.2, 0.25) is 0 Å². The van der Waals surface area contributed by atoms with Gasteiger partial charge in [0.15, 0.2) is 0 Å². The Morgan fingerprint density at radius 1 is 1.22 bits per heavy atom. The molecule has 1 aromatic heterocycles. The number of ether oxygens (including phenoxy) is 1. The highest BCUT2D eigenvalue weighted by molar-refractivity contribution is 5.28. The summed E-state index contributed by atoms with van der Waals surface area (Å²) < 4.78 is 10.2. The molecule has 2 rings (SSSR count). The summed E-state index contributed by atoms with van der Waals surface area (Å²) in [4.78, 5) is 0. The Morgan fingerprint density at radius 3 is 2.72 bits per heavy atom. The lowest BCUT2D eigenvalue weighted by Gasteiger charge is -2.13. The van der Waals surface area contributed by atoms with Crippen molar-refractivity contribution in [2.24, 2.45) is 5.92 Å². The second kappa shape index (κ2) is 6.26. The van der Waals surface area contributed by atoms with Crippen LogP contribution in [0.25, 0.3) is 0 Å². The molecule has 1 N–H and O–H groups in total. The number of hydrogen-bond donors (Lipinski definition) is 1. The largest absolute Gasteiger partial charge is 0.497 e. The molecule has 0 saturated carbocycles. The molecule has 3 heteroatoms. The van der Waals surface area contributed by atoms with Crippen molar-refractivity contribution < 1.29 is 14.3 Å². The van der Waals surface area contributed by atoms with Gasteiger partial charge in [-0.1, -0.05) is 12.1 Å². The van der Waals surface area contributed by atoms with Crippen molar-refractivity contribution in [1.29, 1.82) is 0 Å². The molecule has 1 atom stereocenters. The number of benzene rings is 1. The maximum absolute atomic E-state index is 9.45. The number of hydrogen-bond acceptors (Lipinski definition) is 3. The van der Waals surface area contributed by atoms with E-state index in [1.807, 2.05) is 24.3 Å². The van der Waals surface area contributed by atoms with Crippen molar-refractivity contribution in [2.75, 3.05) is 13.7 Å². The molecule has 0 radical (unpaired) electrons. The Hall–Kier alpha value is -1.74. The van der Waals surface area contributed by atoms with Gasteiger partial charge in [0, 0.05) is 6.61 Å². The van der Waals surface area contributed by atoms with Crippen LogP contribution in [0.2, 0.25) is 0 Å². The van der Waals surface area contributed by atoms with E-state index in [9.17, 15) is 5.11 Å². The summed E-state index contributed by atoms with van der Waals surface area (Å²) in [5, 5.41) is 9.45. The van der Waals surface area contributed by atoms with Gasteiger partial charge in [0.1, 0.15) is 5.75 Å². The first-order valence-electron chi connectivity index (χ1n) is 6.06. The number of furan rings is 1. The number of aliphatic hydroxyl groups excluding tert-OH is 1. The van der Waals surface area contributed by atoms with E-state index in [4.69, 9.17) is 9.15 Å². The van der Waals surface area contributed by atoms with Crippen LogP contribution in [0.5, 0.6) is 5.75 Å². The summed E-state index contributed by atoms with van der Waals surface area (Å²) >= 11 is 0. The third kappa shape index (κ3) is 3.37. The SMILES string of the molecule is COc1cccc(CC(CO)Cc2ccoc2)c1. The highest BCUT2D eigenvalue weighted by atomic mass is 16.5. The van der Waals surface area contributed by atoms with Crippen LogP contribution in [0.15, 0.2) is 47.3 Å². The summed E-state index contributed by atoms with van der Waals surface area (Å²) in [5.41, 5.74) is 2.30. The zero-order valence-electron chi connectivity index (χ0n) is 10.5. The number of rotatable bonds is 6. The van der Waals surface area contributed by atoms with E-state index in [1.54, 1.807) is 19.6 Å². The minimum Gasteiger partial charge on any atom is -0.497 e. The molecular formula is C15H18O3. The Kier molecular flexibility index (Phi) is 4.42. The van der Waals surface area contributed by atoms with E-state index >= 15 is 0 Å². The molecule has 2 aromatic rings. The summed E-state index contributed by atoms with van der Waals surface area (Å²) in [6, 6.07) is 9.90. The van der Waals surface area contributed by atoms with Gasteiger partial charge >= 0.3 is 0 Å². The lowest BCUT2D eigenvalue weighted by Crippen LogP contribution is -2.12.